The Labute approximate surface area is 167 Å². The zero-order valence-electron chi connectivity index (χ0n) is 15.9. The van der Waals surface area contributed by atoms with Crippen LogP contribution in [0, 0.1) is 5.82 Å². The van der Waals surface area contributed by atoms with Gasteiger partial charge in [0.05, 0.1) is 11.4 Å². The molecular formula is C21H20FN5O2. The van der Waals surface area contributed by atoms with E-state index in [1.165, 1.54) is 16.8 Å². The molecule has 148 valence electrons. The van der Waals surface area contributed by atoms with Gasteiger partial charge in [-0.05, 0) is 55.3 Å². The predicted molar refractivity (Wildman–Crippen MR) is 108 cm³/mol. The van der Waals surface area contributed by atoms with Gasteiger partial charge in [-0.2, -0.15) is 5.10 Å². The molecule has 1 aromatic heterocycles. The molecule has 0 fully saturated rings. The van der Waals surface area contributed by atoms with Crippen LogP contribution in [-0.2, 0) is 6.42 Å². The first-order valence-electron chi connectivity index (χ1n) is 9.36. The van der Waals surface area contributed by atoms with Crippen molar-refractivity contribution in [3.63, 3.8) is 0 Å². The maximum atomic E-state index is 13.4. The van der Waals surface area contributed by atoms with E-state index in [9.17, 15) is 14.0 Å². The standard InChI is InChI=1S/C21H20FN5O2/c1-2-23-21(29)26-10-8-14-6-7-16(13-19(14)26)24-20(28)18-9-11-27(25-18)17-5-3-4-15(22)12-17/h3-7,9,11-13H,2,8,10H2,1H3,(H,23,29)(H,24,28). The summed E-state index contributed by atoms with van der Waals surface area (Å²) in [5.74, 6) is -0.763. The van der Waals surface area contributed by atoms with Gasteiger partial charge in [0.15, 0.2) is 5.69 Å². The number of urea groups is 1. The Morgan fingerprint density at radius 3 is 2.83 bits per heavy atom. The number of halogens is 1. The number of hydrogen-bond acceptors (Lipinski definition) is 3. The number of hydrogen-bond donors (Lipinski definition) is 2. The lowest BCUT2D eigenvalue weighted by atomic mass is 10.1. The summed E-state index contributed by atoms with van der Waals surface area (Å²) in [4.78, 5) is 26.5. The van der Waals surface area contributed by atoms with E-state index in [-0.39, 0.29) is 23.4 Å². The quantitative estimate of drug-likeness (QED) is 0.713. The number of nitrogens with zero attached hydrogens (tertiary/aromatic N) is 3. The molecule has 29 heavy (non-hydrogen) atoms. The summed E-state index contributed by atoms with van der Waals surface area (Å²) in [6.45, 7) is 3.03. The van der Waals surface area contributed by atoms with Crippen LogP contribution >= 0.6 is 0 Å². The van der Waals surface area contributed by atoms with E-state index < -0.39 is 0 Å². The minimum absolute atomic E-state index is 0.149. The molecule has 0 unspecified atom stereocenters. The first kappa shape index (κ1) is 18.7. The number of aromatic nitrogens is 2. The number of carbonyl (C=O) groups is 2. The van der Waals surface area contributed by atoms with Crippen molar-refractivity contribution in [2.24, 2.45) is 0 Å². The van der Waals surface area contributed by atoms with Gasteiger partial charge in [-0.3, -0.25) is 9.69 Å². The molecule has 4 rings (SSSR count). The number of nitrogens with one attached hydrogen (secondary N) is 2. The monoisotopic (exact) mass is 393 g/mol. The topological polar surface area (TPSA) is 79.3 Å². The largest absolute Gasteiger partial charge is 0.338 e. The van der Waals surface area contributed by atoms with Gasteiger partial charge in [-0.1, -0.05) is 12.1 Å². The SMILES string of the molecule is CCNC(=O)N1CCc2ccc(NC(=O)c3ccn(-c4cccc(F)c4)n3)cc21. The van der Waals surface area contributed by atoms with E-state index in [1.54, 1.807) is 35.4 Å². The van der Waals surface area contributed by atoms with Crippen LogP contribution in [-0.4, -0.2) is 34.8 Å². The Kier molecular flexibility index (Phi) is 4.99. The van der Waals surface area contributed by atoms with E-state index in [0.717, 1.165) is 17.7 Å². The fourth-order valence-corrected chi connectivity index (χ4v) is 3.32. The second-order valence-corrected chi connectivity index (χ2v) is 6.66. The van der Waals surface area contributed by atoms with Crippen LogP contribution in [0.5, 0.6) is 0 Å². The van der Waals surface area contributed by atoms with Crippen molar-refractivity contribution in [2.45, 2.75) is 13.3 Å². The number of fused-ring (bicyclic) bond motifs is 1. The van der Waals surface area contributed by atoms with Crippen molar-refractivity contribution in [3.05, 3.63) is 71.8 Å². The van der Waals surface area contributed by atoms with Crippen LogP contribution < -0.4 is 15.5 Å². The van der Waals surface area contributed by atoms with Gasteiger partial charge in [0.25, 0.3) is 5.91 Å². The Bertz CT molecular complexity index is 1080. The molecule has 2 N–H and O–H groups in total. The highest BCUT2D eigenvalue weighted by atomic mass is 19.1. The van der Waals surface area contributed by atoms with E-state index in [4.69, 9.17) is 0 Å². The van der Waals surface area contributed by atoms with Gasteiger partial charge in [0.1, 0.15) is 5.82 Å². The average molecular weight is 393 g/mol. The first-order valence-corrected chi connectivity index (χ1v) is 9.36. The van der Waals surface area contributed by atoms with Crippen molar-refractivity contribution in [3.8, 4) is 5.69 Å². The molecule has 7 nitrogen and oxygen atoms in total. The summed E-state index contributed by atoms with van der Waals surface area (Å²) in [5, 5.41) is 9.83. The highest BCUT2D eigenvalue weighted by Gasteiger charge is 2.24. The lowest BCUT2D eigenvalue weighted by Gasteiger charge is -2.18. The first-order chi connectivity index (χ1) is 14.0. The zero-order chi connectivity index (χ0) is 20.4. The van der Waals surface area contributed by atoms with E-state index in [0.29, 0.717) is 24.5 Å². The van der Waals surface area contributed by atoms with Gasteiger partial charge in [-0.15, -0.1) is 0 Å². The third kappa shape index (κ3) is 3.82. The predicted octanol–water partition coefficient (Wildman–Crippen LogP) is 3.36. The third-order valence-corrected chi connectivity index (χ3v) is 4.71. The van der Waals surface area contributed by atoms with Crippen molar-refractivity contribution < 1.29 is 14.0 Å². The minimum Gasteiger partial charge on any atom is -0.338 e. The van der Waals surface area contributed by atoms with Crippen molar-refractivity contribution in [2.75, 3.05) is 23.3 Å². The second kappa shape index (κ2) is 7.75. The minimum atomic E-state index is -0.386. The summed E-state index contributed by atoms with van der Waals surface area (Å²) < 4.78 is 14.8. The molecule has 2 aromatic carbocycles. The fraction of sp³-hybridized carbons (Fsp3) is 0.190. The van der Waals surface area contributed by atoms with E-state index >= 15 is 0 Å². The smallest absolute Gasteiger partial charge is 0.321 e. The van der Waals surface area contributed by atoms with Gasteiger partial charge in [0.2, 0.25) is 0 Å². The highest BCUT2D eigenvalue weighted by Crippen LogP contribution is 2.31. The summed E-state index contributed by atoms with van der Waals surface area (Å²) in [6.07, 6.45) is 2.38. The van der Waals surface area contributed by atoms with Crippen LogP contribution in [0.3, 0.4) is 0 Å². The molecule has 0 atom stereocenters. The lowest BCUT2D eigenvalue weighted by molar-refractivity contribution is 0.102. The number of carbonyl (C=O) groups excluding carboxylic acids is 2. The number of amides is 3. The van der Waals surface area contributed by atoms with Crippen LogP contribution in [0.25, 0.3) is 5.69 Å². The zero-order valence-corrected chi connectivity index (χ0v) is 15.9. The molecule has 8 heteroatoms. The van der Waals surface area contributed by atoms with Gasteiger partial charge < -0.3 is 10.6 Å². The number of anilines is 2. The Balaban J connectivity index is 1.51. The maximum Gasteiger partial charge on any atom is 0.321 e. The van der Waals surface area contributed by atoms with Crippen LogP contribution in [0.15, 0.2) is 54.7 Å². The molecule has 2 heterocycles. The maximum absolute atomic E-state index is 13.4. The number of rotatable bonds is 4. The van der Waals surface area contributed by atoms with Gasteiger partial charge >= 0.3 is 6.03 Å². The summed E-state index contributed by atoms with van der Waals surface area (Å²) in [5.41, 5.74) is 3.16. The normalized spacial score (nSPS) is 12.6. The third-order valence-electron chi connectivity index (χ3n) is 4.71. The summed E-state index contributed by atoms with van der Waals surface area (Å²) >= 11 is 0. The molecular weight excluding hydrogens is 373 g/mol. The molecule has 1 aliphatic heterocycles. The molecule has 3 amide bonds. The van der Waals surface area contributed by atoms with E-state index in [2.05, 4.69) is 15.7 Å². The van der Waals surface area contributed by atoms with Crippen molar-refractivity contribution in [1.29, 1.82) is 0 Å². The molecule has 3 aromatic rings. The Morgan fingerprint density at radius 1 is 1.17 bits per heavy atom. The van der Waals surface area contributed by atoms with Crippen LogP contribution in [0.1, 0.15) is 23.0 Å². The van der Waals surface area contributed by atoms with Crippen LogP contribution in [0.4, 0.5) is 20.6 Å². The van der Waals surface area contributed by atoms with Crippen molar-refractivity contribution in [1.82, 2.24) is 15.1 Å². The molecule has 0 bridgehead atoms. The Hall–Kier alpha value is -3.68. The molecule has 0 aliphatic carbocycles. The average Bonchev–Trinajstić information content (AvgIpc) is 3.35. The molecule has 0 saturated carbocycles. The number of benzene rings is 2. The van der Waals surface area contributed by atoms with Crippen LogP contribution in [0.2, 0.25) is 0 Å². The highest BCUT2D eigenvalue weighted by molar-refractivity contribution is 6.03. The molecule has 0 radical (unpaired) electrons. The second-order valence-electron chi connectivity index (χ2n) is 6.66. The molecule has 0 saturated heterocycles. The van der Waals surface area contributed by atoms with Gasteiger partial charge in [-0.25, -0.2) is 13.9 Å². The fourth-order valence-electron chi connectivity index (χ4n) is 3.32. The summed E-state index contributed by atoms with van der Waals surface area (Å²) in [7, 11) is 0. The van der Waals surface area contributed by atoms with Crippen molar-refractivity contribution >= 4 is 23.3 Å². The Morgan fingerprint density at radius 2 is 2.03 bits per heavy atom. The van der Waals surface area contributed by atoms with E-state index in [1.807, 2.05) is 19.1 Å². The summed E-state index contributed by atoms with van der Waals surface area (Å²) in [6, 6.07) is 12.9. The molecule has 0 spiro atoms. The van der Waals surface area contributed by atoms with Gasteiger partial charge in [0, 0.05) is 25.0 Å². The lowest BCUT2D eigenvalue weighted by Crippen LogP contribution is -2.38. The molecule has 1 aliphatic rings.